The minimum atomic E-state index is -5.21. The van der Waals surface area contributed by atoms with Gasteiger partial charge >= 0.3 is 12.1 Å². The van der Waals surface area contributed by atoms with E-state index in [4.69, 9.17) is 23.7 Å². The minimum Gasteiger partial charge on any atom is -0.429 e. The summed E-state index contributed by atoms with van der Waals surface area (Å²) >= 11 is 0. The normalized spacial score (nSPS) is 25.9. The second-order valence-electron chi connectivity index (χ2n) is 9.15. The predicted molar refractivity (Wildman–Crippen MR) is 119 cm³/mol. The Labute approximate surface area is 209 Å². The molecule has 9 nitrogen and oxygen atoms in total. The van der Waals surface area contributed by atoms with Crippen molar-refractivity contribution in [2.24, 2.45) is 0 Å². The molecule has 3 aliphatic rings. The molecular formula is C25H26F3NO8. The van der Waals surface area contributed by atoms with Gasteiger partial charge in [0.2, 0.25) is 12.1 Å². The number of carbonyl (C=O) groups is 1. The van der Waals surface area contributed by atoms with Crippen LogP contribution in [-0.4, -0.2) is 48.4 Å². The van der Waals surface area contributed by atoms with Gasteiger partial charge in [0.25, 0.3) is 11.2 Å². The number of benzene rings is 1. The zero-order valence-corrected chi connectivity index (χ0v) is 20.2. The van der Waals surface area contributed by atoms with Crippen molar-refractivity contribution >= 4 is 5.97 Å². The first kappa shape index (κ1) is 25.9. The molecule has 1 N–H and O–H groups in total. The second kappa shape index (κ2) is 8.91. The maximum atomic E-state index is 14.4. The molecule has 1 saturated heterocycles. The summed E-state index contributed by atoms with van der Waals surface area (Å²) in [4.78, 5) is 26.5. The molecule has 3 atom stereocenters. The molecule has 0 radical (unpaired) electrons. The van der Waals surface area contributed by atoms with Crippen molar-refractivity contribution in [3.63, 3.8) is 0 Å². The summed E-state index contributed by atoms with van der Waals surface area (Å²) in [7, 11) is 0.746. The fraction of sp³-hybridized carbons (Fsp3) is 0.520. The van der Waals surface area contributed by atoms with E-state index in [1.54, 1.807) is 0 Å². The third-order valence-corrected chi connectivity index (χ3v) is 7.37. The Hall–Kier alpha value is -2.77. The molecular weight excluding hydrogens is 499 g/mol. The van der Waals surface area contributed by atoms with Crippen LogP contribution in [0.4, 0.5) is 13.2 Å². The third kappa shape index (κ3) is 3.65. The van der Waals surface area contributed by atoms with Gasteiger partial charge in [-0.15, -0.1) is 0 Å². The molecule has 1 aromatic carbocycles. The minimum absolute atomic E-state index is 0.0883. The fourth-order valence-corrected chi connectivity index (χ4v) is 5.37. The molecule has 0 amide bonds. The standard InChI is InChI=1S/C25H26F3NO8/c1-3-22(32)17-13-18-23(35-11-12-36-23)9-10-29(18)19(30)16(17)14-34-21(22)37-20(31)24(33-2,25(26,27)28)15-7-5-4-6-8-15/h4-8,13,21,32H,3,9-12,14H2,1-2H3/t21?,22-,24+/m1/s1. The lowest BCUT2D eigenvalue weighted by Gasteiger charge is -2.42. The summed E-state index contributed by atoms with van der Waals surface area (Å²) in [6.07, 6.45) is -6.83. The highest BCUT2D eigenvalue weighted by Crippen LogP contribution is 2.47. The second-order valence-corrected chi connectivity index (χ2v) is 9.15. The van der Waals surface area contributed by atoms with E-state index < -0.39 is 46.5 Å². The van der Waals surface area contributed by atoms with E-state index in [1.807, 2.05) is 0 Å². The molecule has 5 rings (SSSR count). The average molecular weight is 525 g/mol. The quantitative estimate of drug-likeness (QED) is 0.594. The van der Waals surface area contributed by atoms with Gasteiger partial charge in [-0.25, -0.2) is 4.79 Å². The summed E-state index contributed by atoms with van der Waals surface area (Å²) in [6.45, 7) is 2.11. The summed E-state index contributed by atoms with van der Waals surface area (Å²) in [5.74, 6) is -2.96. The summed E-state index contributed by atoms with van der Waals surface area (Å²) in [5, 5.41) is 11.7. The van der Waals surface area contributed by atoms with Crippen molar-refractivity contribution in [2.75, 3.05) is 20.3 Å². The highest BCUT2D eigenvalue weighted by atomic mass is 19.4. The largest absolute Gasteiger partial charge is 0.432 e. The first-order valence-corrected chi connectivity index (χ1v) is 11.8. The molecule has 1 spiro atoms. The van der Waals surface area contributed by atoms with Gasteiger partial charge in [-0.05, 0) is 12.5 Å². The molecule has 12 heteroatoms. The van der Waals surface area contributed by atoms with Crippen LogP contribution in [0.1, 0.15) is 42.1 Å². The maximum absolute atomic E-state index is 14.4. The Balaban J connectivity index is 1.56. The number of carbonyl (C=O) groups excluding carboxylic acids is 1. The number of rotatable bonds is 5. The van der Waals surface area contributed by atoms with E-state index in [-0.39, 0.29) is 24.2 Å². The lowest BCUT2D eigenvalue weighted by atomic mass is 9.84. The van der Waals surface area contributed by atoms with Crippen LogP contribution in [0, 0.1) is 0 Å². The Morgan fingerprint density at radius 2 is 1.89 bits per heavy atom. The average Bonchev–Trinajstić information content (AvgIpc) is 3.50. The highest BCUT2D eigenvalue weighted by Gasteiger charge is 2.65. The molecule has 0 bridgehead atoms. The van der Waals surface area contributed by atoms with E-state index in [0.717, 1.165) is 19.2 Å². The summed E-state index contributed by atoms with van der Waals surface area (Å²) < 4.78 is 71.7. The SMILES string of the molecule is CC[C@@]1(O)c2cc3n(c(=O)c2COC1OC(=O)[C@@](OC)(c1ccccc1)C(F)(F)F)CCC31OCCO1. The van der Waals surface area contributed by atoms with Gasteiger partial charge in [-0.2, -0.15) is 13.2 Å². The van der Waals surface area contributed by atoms with Gasteiger partial charge in [0.1, 0.15) is 0 Å². The molecule has 2 aromatic rings. The molecule has 0 saturated carbocycles. The van der Waals surface area contributed by atoms with Crippen LogP contribution in [0.2, 0.25) is 0 Å². The molecule has 200 valence electrons. The van der Waals surface area contributed by atoms with Gasteiger partial charge < -0.3 is 33.4 Å². The van der Waals surface area contributed by atoms with Crippen molar-refractivity contribution in [1.82, 2.24) is 4.57 Å². The molecule has 3 aliphatic heterocycles. The van der Waals surface area contributed by atoms with E-state index in [2.05, 4.69) is 0 Å². The van der Waals surface area contributed by atoms with E-state index >= 15 is 0 Å². The third-order valence-electron chi connectivity index (χ3n) is 7.37. The first-order valence-electron chi connectivity index (χ1n) is 11.8. The van der Waals surface area contributed by atoms with E-state index in [1.165, 1.54) is 35.8 Å². The zero-order chi connectivity index (χ0) is 26.6. The topological polar surface area (TPSA) is 105 Å². The monoisotopic (exact) mass is 525 g/mol. The van der Waals surface area contributed by atoms with Crippen LogP contribution in [-0.2, 0) is 58.6 Å². The number of fused-ring (bicyclic) bond motifs is 3. The Kier molecular flexibility index (Phi) is 6.23. The number of aliphatic hydroxyl groups is 1. The zero-order valence-electron chi connectivity index (χ0n) is 20.2. The molecule has 0 aliphatic carbocycles. The lowest BCUT2D eigenvalue weighted by Crippen LogP contribution is -2.56. The Morgan fingerprint density at radius 3 is 2.49 bits per heavy atom. The number of pyridine rings is 1. The van der Waals surface area contributed by atoms with Crippen LogP contribution >= 0.6 is 0 Å². The van der Waals surface area contributed by atoms with Gasteiger partial charge in [-0.3, -0.25) is 4.79 Å². The smallest absolute Gasteiger partial charge is 0.429 e. The number of aromatic nitrogens is 1. The van der Waals surface area contributed by atoms with Crippen molar-refractivity contribution in [3.05, 3.63) is 69.1 Å². The van der Waals surface area contributed by atoms with Crippen LogP contribution in [0.3, 0.4) is 0 Å². The molecule has 1 fully saturated rings. The Bertz CT molecular complexity index is 1260. The van der Waals surface area contributed by atoms with E-state index in [0.29, 0.717) is 31.9 Å². The van der Waals surface area contributed by atoms with Gasteiger partial charge in [0.15, 0.2) is 5.60 Å². The number of nitrogens with zero attached hydrogens (tertiary/aromatic N) is 1. The lowest BCUT2D eigenvalue weighted by molar-refractivity contribution is -0.301. The number of esters is 1. The van der Waals surface area contributed by atoms with Crippen molar-refractivity contribution < 1.29 is 46.8 Å². The molecule has 1 unspecified atom stereocenters. The van der Waals surface area contributed by atoms with Crippen molar-refractivity contribution in [1.29, 1.82) is 0 Å². The van der Waals surface area contributed by atoms with E-state index in [9.17, 15) is 27.9 Å². The maximum Gasteiger partial charge on any atom is 0.432 e. The van der Waals surface area contributed by atoms with Crippen LogP contribution in [0.25, 0.3) is 0 Å². The summed E-state index contributed by atoms with van der Waals surface area (Å²) in [6, 6.07) is 7.86. The predicted octanol–water partition coefficient (Wildman–Crippen LogP) is 2.55. The van der Waals surface area contributed by atoms with Crippen molar-refractivity contribution in [2.45, 2.75) is 62.4 Å². The fourth-order valence-electron chi connectivity index (χ4n) is 5.37. The van der Waals surface area contributed by atoms with Crippen molar-refractivity contribution in [3.8, 4) is 0 Å². The van der Waals surface area contributed by atoms with Gasteiger partial charge in [-0.1, -0.05) is 37.3 Å². The molecule has 1 aromatic heterocycles. The van der Waals surface area contributed by atoms with Gasteiger partial charge in [0.05, 0.1) is 25.5 Å². The number of alkyl halides is 3. The van der Waals surface area contributed by atoms with Gasteiger partial charge in [0, 0.05) is 36.8 Å². The number of hydrogen-bond acceptors (Lipinski definition) is 8. The molecule has 4 heterocycles. The van der Waals surface area contributed by atoms with Crippen LogP contribution in [0.15, 0.2) is 41.2 Å². The summed E-state index contributed by atoms with van der Waals surface area (Å²) in [5.41, 5.74) is -5.95. The Morgan fingerprint density at radius 1 is 1.22 bits per heavy atom. The molecule has 37 heavy (non-hydrogen) atoms. The first-order chi connectivity index (χ1) is 17.5. The number of methoxy groups -OCH3 is 1. The number of hydrogen-bond donors (Lipinski definition) is 1. The number of ether oxygens (including phenoxy) is 5. The highest BCUT2D eigenvalue weighted by molar-refractivity contribution is 5.83. The van der Waals surface area contributed by atoms with Crippen LogP contribution < -0.4 is 5.56 Å². The number of halogens is 3. The van der Waals surface area contributed by atoms with Crippen LogP contribution in [0.5, 0.6) is 0 Å².